The van der Waals surface area contributed by atoms with Crippen LogP contribution in [0.2, 0.25) is 0 Å². The molecule has 9 heteroatoms. The van der Waals surface area contributed by atoms with Crippen molar-refractivity contribution in [3.05, 3.63) is 63.9 Å². The molecule has 1 fully saturated rings. The summed E-state index contributed by atoms with van der Waals surface area (Å²) < 4.78 is 15.3. The van der Waals surface area contributed by atoms with Crippen LogP contribution >= 0.6 is 11.3 Å². The number of likely N-dealkylation sites (N-methyl/N-ethyl adjacent to an activating group) is 1. The molecule has 0 spiro atoms. The van der Waals surface area contributed by atoms with E-state index in [1.807, 2.05) is 22.9 Å². The largest absolute Gasteiger partial charge is 1.00 e. The highest BCUT2D eigenvalue weighted by Gasteiger charge is 2.30. The van der Waals surface area contributed by atoms with Crippen LogP contribution in [0.15, 0.2) is 41.8 Å². The predicted octanol–water partition coefficient (Wildman–Crippen LogP) is -0.737. The molecule has 1 aliphatic heterocycles. The van der Waals surface area contributed by atoms with Gasteiger partial charge in [0.15, 0.2) is 5.82 Å². The van der Waals surface area contributed by atoms with Gasteiger partial charge in [-0.3, -0.25) is 4.90 Å². The number of halogens is 2. The second-order valence-corrected chi connectivity index (χ2v) is 7.60. The summed E-state index contributed by atoms with van der Waals surface area (Å²) in [5.41, 5.74) is 1.01. The third kappa shape index (κ3) is 4.52. The van der Waals surface area contributed by atoms with E-state index >= 15 is 0 Å². The topological polar surface area (TPSA) is 50.1 Å². The van der Waals surface area contributed by atoms with E-state index in [0.717, 1.165) is 37.6 Å². The van der Waals surface area contributed by atoms with Crippen LogP contribution < -0.4 is 12.4 Å². The highest BCUT2D eigenvalue weighted by Crippen LogP contribution is 2.28. The lowest BCUT2D eigenvalue weighted by atomic mass is 10.0. The lowest BCUT2D eigenvalue weighted by molar-refractivity contribution is -0.00000600. The van der Waals surface area contributed by atoms with Gasteiger partial charge in [0.2, 0.25) is 0 Å². The third-order valence-electron chi connectivity index (χ3n) is 4.78. The van der Waals surface area contributed by atoms with Crippen molar-refractivity contribution in [3.8, 4) is 0 Å². The highest BCUT2D eigenvalue weighted by molar-refractivity contribution is 7.09. The smallest absolute Gasteiger partial charge is 0.173 e. The molecule has 2 aromatic heterocycles. The van der Waals surface area contributed by atoms with Crippen LogP contribution in [0.5, 0.6) is 0 Å². The highest BCUT2D eigenvalue weighted by atomic mass is 35.5. The number of tetrazole rings is 1. The molecule has 0 saturated carbocycles. The van der Waals surface area contributed by atoms with E-state index in [4.69, 9.17) is 0 Å². The molecule has 1 unspecified atom stereocenters. The van der Waals surface area contributed by atoms with E-state index in [1.54, 1.807) is 11.3 Å². The van der Waals surface area contributed by atoms with Gasteiger partial charge in [-0.2, -0.15) is 0 Å². The van der Waals surface area contributed by atoms with Gasteiger partial charge in [-0.25, -0.2) is 9.07 Å². The summed E-state index contributed by atoms with van der Waals surface area (Å²) in [6.45, 7) is 4.47. The van der Waals surface area contributed by atoms with Crippen LogP contribution in [-0.2, 0) is 6.54 Å². The Kier molecular flexibility index (Phi) is 6.54. The molecule has 4 rings (SSSR count). The standard InChI is InChI=1S/C18H21FN6S.ClH/c1-23-8-10-24(11-9-23)17(14-4-6-15(19)7-5-14)18-20-21-22-25(18)13-16-3-2-12-26-16;/h2-7,12,17H,8-11,13H2,1H3;1H/p-1. The summed E-state index contributed by atoms with van der Waals surface area (Å²) in [5.74, 6) is 0.568. The molecule has 3 heterocycles. The minimum Gasteiger partial charge on any atom is -1.00 e. The maximum Gasteiger partial charge on any atom is 0.173 e. The lowest BCUT2D eigenvalue weighted by Gasteiger charge is -2.37. The first-order valence-corrected chi connectivity index (χ1v) is 9.55. The molecule has 0 amide bonds. The third-order valence-corrected chi connectivity index (χ3v) is 5.64. The monoisotopic (exact) mass is 407 g/mol. The number of hydrogen-bond donors (Lipinski definition) is 0. The number of aromatic nitrogens is 4. The van der Waals surface area contributed by atoms with Crippen molar-refractivity contribution in [2.75, 3.05) is 33.2 Å². The molecule has 0 bridgehead atoms. The van der Waals surface area contributed by atoms with Crippen LogP contribution in [0.25, 0.3) is 0 Å². The maximum absolute atomic E-state index is 13.5. The van der Waals surface area contributed by atoms with Crippen LogP contribution in [0.3, 0.4) is 0 Å². The molecular weight excluding hydrogens is 387 g/mol. The first-order valence-electron chi connectivity index (χ1n) is 8.67. The van der Waals surface area contributed by atoms with E-state index < -0.39 is 0 Å². The maximum atomic E-state index is 13.5. The van der Waals surface area contributed by atoms with Gasteiger partial charge in [0.1, 0.15) is 5.82 Å². The van der Waals surface area contributed by atoms with Crippen LogP contribution in [-0.4, -0.2) is 63.2 Å². The molecule has 0 radical (unpaired) electrons. The molecule has 1 aromatic carbocycles. The van der Waals surface area contributed by atoms with Gasteiger partial charge < -0.3 is 17.3 Å². The number of hydrogen-bond acceptors (Lipinski definition) is 6. The fourth-order valence-corrected chi connectivity index (χ4v) is 4.00. The van der Waals surface area contributed by atoms with E-state index in [9.17, 15) is 4.39 Å². The Morgan fingerprint density at radius 2 is 1.85 bits per heavy atom. The van der Waals surface area contributed by atoms with Crippen molar-refractivity contribution >= 4 is 11.3 Å². The average molecular weight is 408 g/mol. The minimum absolute atomic E-state index is 0. The van der Waals surface area contributed by atoms with Crippen molar-refractivity contribution in [1.82, 2.24) is 30.0 Å². The summed E-state index contributed by atoms with van der Waals surface area (Å²) >= 11 is 1.69. The van der Waals surface area contributed by atoms with Gasteiger partial charge in [0, 0.05) is 31.1 Å². The Balaban J connectivity index is 0.00000210. The van der Waals surface area contributed by atoms with E-state index in [-0.39, 0.29) is 24.3 Å². The molecular formula is C18H21ClFN6S-. The van der Waals surface area contributed by atoms with Gasteiger partial charge >= 0.3 is 0 Å². The SMILES string of the molecule is CN1CCN(C(c2ccc(F)cc2)c2nnnn2Cc2cccs2)CC1.[Cl-]. The van der Waals surface area contributed by atoms with Crippen molar-refractivity contribution in [1.29, 1.82) is 0 Å². The van der Waals surface area contributed by atoms with Gasteiger partial charge in [-0.15, -0.1) is 16.4 Å². The Bertz CT molecular complexity index is 830. The van der Waals surface area contributed by atoms with Gasteiger partial charge in [0.25, 0.3) is 0 Å². The van der Waals surface area contributed by atoms with Crippen molar-refractivity contribution in [2.24, 2.45) is 0 Å². The van der Waals surface area contributed by atoms with Crippen molar-refractivity contribution in [2.45, 2.75) is 12.6 Å². The predicted molar refractivity (Wildman–Crippen MR) is 98.6 cm³/mol. The van der Waals surface area contributed by atoms with Crippen LogP contribution in [0.1, 0.15) is 22.3 Å². The molecule has 1 atom stereocenters. The number of benzene rings is 1. The zero-order chi connectivity index (χ0) is 17.9. The van der Waals surface area contributed by atoms with E-state index in [0.29, 0.717) is 6.54 Å². The quantitative estimate of drug-likeness (QED) is 0.558. The molecule has 6 nitrogen and oxygen atoms in total. The van der Waals surface area contributed by atoms with Crippen molar-refractivity contribution < 1.29 is 16.8 Å². The fourth-order valence-electron chi connectivity index (χ4n) is 3.32. The number of rotatable bonds is 5. The summed E-state index contributed by atoms with van der Waals surface area (Å²) in [4.78, 5) is 5.89. The second kappa shape index (κ2) is 8.88. The lowest BCUT2D eigenvalue weighted by Crippen LogP contribution is -3.00. The van der Waals surface area contributed by atoms with Gasteiger partial charge in [0.05, 0.1) is 12.6 Å². The summed E-state index contributed by atoms with van der Waals surface area (Å²) in [6, 6.07) is 10.7. The average Bonchev–Trinajstić information content (AvgIpc) is 3.32. The molecule has 1 aliphatic rings. The zero-order valence-electron chi connectivity index (χ0n) is 15.0. The van der Waals surface area contributed by atoms with E-state index in [1.165, 1.54) is 17.0 Å². The number of piperazine rings is 1. The normalized spacial score (nSPS) is 16.8. The first kappa shape index (κ1) is 19.9. The summed E-state index contributed by atoms with van der Waals surface area (Å²) in [6.07, 6.45) is 0. The molecule has 0 N–H and O–H groups in total. The first-order chi connectivity index (χ1) is 12.7. The minimum atomic E-state index is -0.232. The van der Waals surface area contributed by atoms with Crippen LogP contribution in [0, 0.1) is 5.82 Å². The second-order valence-electron chi connectivity index (χ2n) is 6.57. The Labute approximate surface area is 168 Å². The van der Waals surface area contributed by atoms with Gasteiger partial charge in [-0.05, 0) is 46.6 Å². The number of thiophene rings is 1. The molecule has 1 saturated heterocycles. The molecule has 27 heavy (non-hydrogen) atoms. The Hall–Kier alpha value is -1.87. The van der Waals surface area contributed by atoms with E-state index in [2.05, 4.69) is 43.8 Å². The molecule has 0 aliphatic carbocycles. The fraction of sp³-hybridized carbons (Fsp3) is 0.389. The Morgan fingerprint density at radius 1 is 1.11 bits per heavy atom. The van der Waals surface area contributed by atoms with Gasteiger partial charge in [-0.1, -0.05) is 18.2 Å². The number of nitrogens with zero attached hydrogens (tertiary/aromatic N) is 6. The van der Waals surface area contributed by atoms with Crippen molar-refractivity contribution in [3.63, 3.8) is 0 Å². The summed E-state index contributed by atoms with van der Waals surface area (Å²) in [7, 11) is 2.13. The molecule has 3 aromatic rings. The molecule has 144 valence electrons. The van der Waals surface area contributed by atoms with Crippen LogP contribution in [0.4, 0.5) is 4.39 Å². The summed E-state index contributed by atoms with van der Waals surface area (Å²) in [5, 5.41) is 14.5. The zero-order valence-corrected chi connectivity index (χ0v) is 16.6. The Morgan fingerprint density at radius 3 is 2.52 bits per heavy atom.